The van der Waals surface area contributed by atoms with Gasteiger partial charge in [0.1, 0.15) is 12.2 Å². The molecule has 0 aromatic heterocycles. The second-order valence-electron chi connectivity index (χ2n) is 9.93. The molecule has 4 N–H and O–H groups in total. The van der Waals surface area contributed by atoms with Crippen molar-refractivity contribution in [2.75, 3.05) is 0 Å². The van der Waals surface area contributed by atoms with Crippen LogP contribution in [0.4, 0.5) is 0 Å². The fraction of sp³-hybridized carbons (Fsp3) is 0.773. The van der Waals surface area contributed by atoms with Gasteiger partial charge in [0.05, 0.1) is 18.3 Å². The van der Waals surface area contributed by atoms with Crippen LogP contribution >= 0.6 is 0 Å². The average molecular weight is 395 g/mol. The minimum absolute atomic E-state index is 0.252. The van der Waals surface area contributed by atoms with Crippen LogP contribution in [-0.2, 0) is 9.53 Å². The maximum Gasteiger partial charge on any atom is 0.302 e. The molecule has 2 saturated carbocycles. The van der Waals surface area contributed by atoms with Crippen molar-refractivity contribution >= 4 is 5.97 Å². The zero-order valence-corrected chi connectivity index (χ0v) is 17.5. The highest BCUT2D eigenvalue weighted by molar-refractivity contribution is 5.66. The van der Waals surface area contributed by atoms with Crippen LogP contribution in [0, 0.1) is 22.7 Å². The van der Waals surface area contributed by atoms with Crippen molar-refractivity contribution in [2.24, 2.45) is 22.7 Å². The summed E-state index contributed by atoms with van der Waals surface area (Å²) in [4.78, 5) is 12.0. The summed E-state index contributed by atoms with van der Waals surface area (Å²) in [5, 5.41) is 43.2. The summed E-state index contributed by atoms with van der Waals surface area (Å²) >= 11 is 0. The number of hydrogen-bond acceptors (Lipinski definition) is 6. The van der Waals surface area contributed by atoms with Gasteiger partial charge >= 0.3 is 5.97 Å². The predicted molar refractivity (Wildman–Crippen MR) is 104 cm³/mol. The third-order valence-corrected chi connectivity index (χ3v) is 7.46. The third-order valence-electron chi connectivity index (χ3n) is 7.46. The molecule has 0 amide bonds. The second kappa shape index (κ2) is 6.94. The molecule has 3 aliphatic carbocycles. The number of aliphatic hydroxyl groups is 4. The third kappa shape index (κ3) is 3.15. The standard InChI is InChI=1S/C22H34O6/c1-10-7-13(24)18-20(28-12(3)23)17-11(2)19(27)15(26)9-22(17,6)8-14(25)16(10)21(18,4)5/h13-15,17-20,24-27H,2,7-9H2,1,3-6H3/t13-,14-,15-,17-,18-,19+,20-,22+/m0/s1. The van der Waals surface area contributed by atoms with Gasteiger partial charge in [0.25, 0.3) is 0 Å². The second-order valence-corrected chi connectivity index (χ2v) is 9.93. The van der Waals surface area contributed by atoms with Crippen molar-refractivity contribution in [3.8, 4) is 0 Å². The van der Waals surface area contributed by atoms with E-state index >= 15 is 0 Å². The van der Waals surface area contributed by atoms with E-state index in [1.165, 1.54) is 6.92 Å². The number of esters is 1. The highest BCUT2D eigenvalue weighted by Crippen LogP contribution is 2.59. The minimum Gasteiger partial charge on any atom is -0.461 e. The van der Waals surface area contributed by atoms with Gasteiger partial charge in [0, 0.05) is 18.8 Å². The molecular formula is C22H34O6. The van der Waals surface area contributed by atoms with Gasteiger partial charge in [-0.3, -0.25) is 4.79 Å². The fourth-order valence-electron chi connectivity index (χ4n) is 6.60. The molecule has 158 valence electrons. The number of carbonyl (C=O) groups excluding carboxylic acids is 1. The normalized spacial score (nSPS) is 45.8. The molecule has 0 aliphatic heterocycles. The van der Waals surface area contributed by atoms with Crippen molar-refractivity contribution < 1.29 is 30.0 Å². The smallest absolute Gasteiger partial charge is 0.302 e. The van der Waals surface area contributed by atoms with Crippen LogP contribution in [0.15, 0.2) is 23.3 Å². The number of fused-ring (bicyclic) bond motifs is 3. The number of carbonyl (C=O) groups is 1. The molecule has 28 heavy (non-hydrogen) atoms. The van der Waals surface area contributed by atoms with Crippen LogP contribution in [0.3, 0.4) is 0 Å². The molecule has 6 nitrogen and oxygen atoms in total. The summed E-state index contributed by atoms with van der Waals surface area (Å²) in [5.41, 5.74) is 0.986. The summed E-state index contributed by atoms with van der Waals surface area (Å²) in [7, 11) is 0. The quantitative estimate of drug-likeness (QED) is 0.398. The van der Waals surface area contributed by atoms with Crippen molar-refractivity contribution in [3.63, 3.8) is 0 Å². The first-order chi connectivity index (χ1) is 12.8. The zero-order chi connectivity index (χ0) is 21.2. The molecule has 6 heteroatoms. The van der Waals surface area contributed by atoms with Crippen molar-refractivity contribution in [1.29, 1.82) is 0 Å². The maximum absolute atomic E-state index is 12.0. The van der Waals surface area contributed by atoms with E-state index in [1.54, 1.807) is 0 Å². The predicted octanol–water partition coefficient (Wildman–Crippen LogP) is 1.71. The first-order valence-corrected chi connectivity index (χ1v) is 10.1. The number of hydrogen-bond donors (Lipinski definition) is 4. The Morgan fingerprint density at radius 1 is 1.11 bits per heavy atom. The molecule has 8 atom stereocenters. The SMILES string of the molecule is C=C1[C@@H](O)[C@@H](O)C[C@@]2(C)C[C@H](O)C3=C(C)C[C@H](O)[C@@H]([C@@H](OC(C)=O)[C@H]12)C3(C)C. The molecule has 3 rings (SSSR count). The van der Waals surface area contributed by atoms with E-state index in [0.717, 1.165) is 11.1 Å². The zero-order valence-electron chi connectivity index (χ0n) is 17.5. The monoisotopic (exact) mass is 394 g/mol. The van der Waals surface area contributed by atoms with E-state index in [9.17, 15) is 25.2 Å². The lowest BCUT2D eigenvalue weighted by Crippen LogP contribution is -2.61. The van der Waals surface area contributed by atoms with Crippen LogP contribution in [0.2, 0.25) is 0 Å². The van der Waals surface area contributed by atoms with Gasteiger partial charge in [-0.25, -0.2) is 0 Å². The Balaban J connectivity index is 2.24. The van der Waals surface area contributed by atoms with Crippen LogP contribution in [0.25, 0.3) is 0 Å². The lowest BCUT2D eigenvalue weighted by atomic mass is 9.49. The highest BCUT2D eigenvalue weighted by atomic mass is 16.5. The van der Waals surface area contributed by atoms with Crippen LogP contribution < -0.4 is 0 Å². The van der Waals surface area contributed by atoms with Gasteiger partial charge in [-0.2, -0.15) is 0 Å². The first kappa shape index (κ1) is 21.5. The summed E-state index contributed by atoms with van der Waals surface area (Å²) in [6.45, 7) is 13.2. The van der Waals surface area contributed by atoms with Gasteiger partial charge in [-0.1, -0.05) is 32.9 Å². The minimum atomic E-state index is -1.13. The number of rotatable bonds is 1. The topological polar surface area (TPSA) is 107 Å². The Kier molecular flexibility index (Phi) is 5.33. The van der Waals surface area contributed by atoms with E-state index in [0.29, 0.717) is 18.4 Å². The highest BCUT2D eigenvalue weighted by Gasteiger charge is 2.60. The summed E-state index contributed by atoms with van der Waals surface area (Å²) in [6.07, 6.45) is -3.32. The van der Waals surface area contributed by atoms with Crippen molar-refractivity contribution in [3.05, 3.63) is 23.3 Å². The Morgan fingerprint density at radius 3 is 2.29 bits per heavy atom. The average Bonchev–Trinajstić information content (AvgIpc) is 2.49. The largest absolute Gasteiger partial charge is 0.461 e. The number of aliphatic hydroxyl groups excluding tert-OH is 4. The summed E-state index contributed by atoms with van der Waals surface area (Å²) < 4.78 is 5.82. The lowest BCUT2D eigenvalue weighted by Gasteiger charge is -2.58. The molecule has 0 unspecified atom stereocenters. The van der Waals surface area contributed by atoms with E-state index < -0.39 is 59.2 Å². The van der Waals surface area contributed by atoms with Crippen LogP contribution in [0.1, 0.15) is 53.9 Å². The fourth-order valence-corrected chi connectivity index (χ4v) is 6.60. The Morgan fingerprint density at radius 2 is 1.71 bits per heavy atom. The number of ether oxygens (including phenoxy) is 1. The molecule has 2 bridgehead atoms. The molecule has 0 heterocycles. The Labute approximate surface area is 166 Å². The van der Waals surface area contributed by atoms with Gasteiger partial charge in [0.2, 0.25) is 0 Å². The van der Waals surface area contributed by atoms with Gasteiger partial charge in [-0.05, 0) is 48.2 Å². The first-order valence-electron chi connectivity index (χ1n) is 10.1. The molecule has 0 spiro atoms. The van der Waals surface area contributed by atoms with Crippen molar-refractivity contribution in [1.82, 2.24) is 0 Å². The van der Waals surface area contributed by atoms with Crippen LogP contribution in [-0.4, -0.2) is 56.9 Å². The van der Waals surface area contributed by atoms with E-state index in [4.69, 9.17) is 4.74 Å². The van der Waals surface area contributed by atoms with E-state index in [1.807, 2.05) is 27.7 Å². The Bertz CT molecular complexity index is 710. The molecule has 0 aromatic carbocycles. The summed E-state index contributed by atoms with van der Waals surface area (Å²) in [5.74, 6) is -1.41. The lowest BCUT2D eigenvalue weighted by molar-refractivity contribution is -0.178. The van der Waals surface area contributed by atoms with Gasteiger partial charge in [-0.15, -0.1) is 0 Å². The molecular weight excluding hydrogens is 360 g/mol. The summed E-state index contributed by atoms with van der Waals surface area (Å²) in [6, 6.07) is 0. The molecule has 2 fully saturated rings. The maximum atomic E-state index is 12.0. The van der Waals surface area contributed by atoms with Gasteiger partial charge in [0.15, 0.2) is 0 Å². The van der Waals surface area contributed by atoms with Crippen LogP contribution in [0.5, 0.6) is 0 Å². The molecule has 0 aromatic rings. The van der Waals surface area contributed by atoms with Crippen molar-refractivity contribution in [2.45, 2.75) is 84.4 Å². The molecule has 0 radical (unpaired) electrons. The molecule has 0 saturated heterocycles. The van der Waals surface area contributed by atoms with Gasteiger partial charge < -0.3 is 25.2 Å². The van der Waals surface area contributed by atoms with E-state index in [2.05, 4.69) is 6.58 Å². The molecule has 3 aliphatic rings. The Hall–Kier alpha value is -1.21. The van der Waals surface area contributed by atoms with E-state index in [-0.39, 0.29) is 6.42 Å².